The summed E-state index contributed by atoms with van der Waals surface area (Å²) in [5.41, 5.74) is 3.48. The highest BCUT2D eigenvalue weighted by Crippen LogP contribution is 2.37. The molecule has 16 heavy (non-hydrogen) atoms. The van der Waals surface area contributed by atoms with Gasteiger partial charge in [0.1, 0.15) is 5.75 Å². The minimum atomic E-state index is -0.0574. The Balaban J connectivity index is 1.88. The van der Waals surface area contributed by atoms with E-state index in [2.05, 4.69) is 36.5 Å². The summed E-state index contributed by atoms with van der Waals surface area (Å²) in [6, 6.07) is 16.4. The van der Waals surface area contributed by atoms with Gasteiger partial charge in [-0.3, -0.25) is 0 Å². The van der Waals surface area contributed by atoms with Crippen molar-refractivity contribution in [3.05, 3.63) is 59.7 Å². The number of para-hydroxylation sites is 2. The maximum Gasteiger partial charge on any atom is 0.196 e. The molecule has 0 saturated heterocycles. The molecule has 1 atom stereocenters. The van der Waals surface area contributed by atoms with Gasteiger partial charge in [-0.25, -0.2) is 0 Å². The molecule has 1 N–H and O–H groups in total. The molecule has 0 spiro atoms. The molecule has 1 aliphatic rings. The molecule has 0 amide bonds. The lowest BCUT2D eigenvalue weighted by Gasteiger charge is -2.11. The van der Waals surface area contributed by atoms with Gasteiger partial charge in [0.15, 0.2) is 6.23 Å². The van der Waals surface area contributed by atoms with Crippen LogP contribution >= 0.6 is 0 Å². The fraction of sp³-hybridized carbons (Fsp3) is 0.143. The first-order valence-corrected chi connectivity index (χ1v) is 5.42. The Labute approximate surface area is 94.9 Å². The van der Waals surface area contributed by atoms with Crippen LogP contribution in [-0.4, -0.2) is 0 Å². The number of hydrogen-bond donors (Lipinski definition) is 1. The maximum absolute atomic E-state index is 5.82. The largest absolute Gasteiger partial charge is 0.464 e. The standard InChI is InChI=1S/C14H13NO/c1-10-6-8-11(9-7-10)14-15-12-4-2-3-5-13(12)16-14/h2-9,14-15H,1H3. The van der Waals surface area contributed by atoms with Crippen molar-refractivity contribution in [2.24, 2.45) is 0 Å². The van der Waals surface area contributed by atoms with E-state index in [4.69, 9.17) is 4.74 Å². The van der Waals surface area contributed by atoms with Gasteiger partial charge in [0.25, 0.3) is 0 Å². The molecule has 3 rings (SSSR count). The van der Waals surface area contributed by atoms with E-state index in [9.17, 15) is 0 Å². The molecule has 0 aliphatic carbocycles. The summed E-state index contributed by atoms with van der Waals surface area (Å²) in [4.78, 5) is 0. The maximum atomic E-state index is 5.82. The number of benzene rings is 2. The van der Waals surface area contributed by atoms with Crippen molar-refractivity contribution >= 4 is 5.69 Å². The van der Waals surface area contributed by atoms with Crippen LogP contribution in [0.1, 0.15) is 17.4 Å². The van der Waals surface area contributed by atoms with E-state index in [-0.39, 0.29) is 6.23 Å². The molecule has 2 aromatic rings. The second kappa shape index (κ2) is 3.56. The van der Waals surface area contributed by atoms with Crippen LogP contribution in [-0.2, 0) is 0 Å². The van der Waals surface area contributed by atoms with Crippen LogP contribution in [0.25, 0.3) is 0 Å². The Hall–Kier alpha value is -1.96. The van der Waals surface area contributed by atoms with E-state index >= 15 is 0 Å². The van der Waals surface area contributed by atoms with E-state index in [1.54, 1.807) is 0 Å². The molecule has 2 heteroatoms. The average Bonchev–Trinajstić information content (AvgIpc) is 2.73. The molecule has 0 bridgehead atoms. The molecular formula is C14H13NO. The van der Waals surface area contributed by atoms with Crippen molar-refractivity contribution < 1.29 is 4.74 Å². The van der Waals surface area contributed by atoms with Crippen LogP contribution in [0.2, 0.25) is 0 Å². The lowest BCUT2D eigenvalue weighted by molar-refractivity contribution is 0.260. The summed E-state index contributed by atoms with van der Waals surface area (Å²) < 4.78 is 5.82. The van der Waals surface area contributed by atoms with Crippen LogP contribution in [0, 0.1) is 6.92 Å². The molecule has 1 unspecified atom stereocenters. The molecule has 80 valence electrons. The Morgan fingerprint density at radius 2 is 1.75 bits per heavy atom. The van der Waals surface area contributed by atoms with E-state index in [1.807, 2.05) is 24.3 Å². The van der Waals surface area contributed by atoms with Crippen molar-refractivity contribution in [2.45, 2.75) is 13.2 Å². The van der Waals surface area contributed by atoms with E-state index in [1.165, 1.54) is 5.56 Å². The number of hydrogen-bond acceptors (Lipinski definition) is 2. The molecule has 1 heterocycles. The Kier molecular flexibility index (Phi) is 2.07. The molecule has 0 fully saturated rings. The SMILES string of the molecule is Cc1ccc(C2Nc3ccccc3O2)cc1. The van der Waals surface area contributed by atoms with Gasteiger partial charge >= 0.3 is 0 Å². The molecule has 0 aromatic heterocycles. The van der Waals surface area contributed by atoms with Gasteiger partial charge in [-0.2, -0.15) is 0 Å². The number of aryl methyl sites for hydroxylation is 1. The second-order valence-electron chi connectivity index (χ2n) is 4.05. The third-order valence-corrected chi connectivity index (χ3v) is 2.80. The summed E-state index contributed by atoms with van der Waals surface area (Å²) in [5, 5.41) is 3.35. The molecular weight excluding hydrogens is 198 g/mol. The van der Waals surface area contributed by atoms with Crippen LogP contribution < -0.4 is 10.1 Å². The van der Waals surface area contributed by atoms with Crippen LogP contribution in [0.5, 0.6) is 5.75 Å². The fourth-order valence-electron chi connectivity index (χ4n) is 1.88. The summed E-state index contributed by atoms with van der Waals surface area (Å²) in [7, 11) is 0. The first kappa shape index (κ1) is 9.28. The van der Waals surface area contributed by atoms with Gasteiger partial charge in [-0.1, -0.05) is 42.0 Å². The van der Waals surface area contributed by atoms with Gasteiger partial charge in [0, 0.05) is 5.56 Å². The highest BCUT2D eigenvalue weighted by molar-refractivity contribution is 5.60. The monoisotopic (exact) mass is 211 g/mol. The average molecular weight is 211 g/mol. The predicted octanol–water partition coefficient (Wildman–Crippen LogP) is 3.50. The van der Waals surface area contributed by atoms with Crippen LogP contribution in [0.15, 0.2) is 48.5 Å². The lowest BCUT2D eigenvalue weighted by Crippen LogP contribution is -2.09. The molecule has 2 nitrogen and oxygen atoms in total. The molecule has 0 saturated carbocycles. The molecule has 2 aromatic carbocycles. The van der Waals surface area contributed by atoms with E-state index in [0.717, 1.165) is 17.0 Å². The third kappa shape index (κ3) is 1.52. The van der Waals surface area contributed by atoms with Crippen molar-refractivity contribution in [1.82, 2.24) is 0 Å². The number of rotatable bonds is 1. The smallest absolute Gasteiger partial charge is 0.196 e. The van der Waals surface area contributed by atoms with Gasteiger partial charge < -0.3 is 10.1 Å². The number of anilines is 1. The zero-order valence-corrected chi connectivity index (χ0v) is 9.10. The van der Waals surface area contributed by atoms with Gasteiger partial charge in [0.2, 0.25) is 0 Å². The van der Waals surface area contributed by atoms with Crippen LogP contribution in [0.3, 0.4) is 0 Å². The van der Waals surface area contributed by atoms with Gasteiger partial charge in [-0.15, -0.1) is 0 Å². The van der Waals surface area contributed by atoms with Gasteiger partial charge in [-0.05, 0) is 19.1 Å². The van der Waals surface area contributed by atoms with Crippen LogP contribution in [0.4, 0.5) is 5.69 Å². The quantitative estimate of drug-likeness (QED) is 0.779. The van der Waals surface area contributed by atoms with Crippen molar-refractivity contribution in [3.8, 4) is 5.75 Å². The zero-order valence-electron chi connectivity index (χ0n) is 9.10. The fourth-order valence-corrected chi connectivity index (χ4v) is 1.88. The number of nitrogens with one attached hydrogen (secondary N) is 1. The van der Waals surface area contributed by atoms with Crippen molar-refractivity contribution in [1.29, 1.82) is 0 Å². The summed E-state index contributed by atoms with van der Waals surface area (Å²) >= 11 is 0. The highest BCUT2D eigenvalue weighted by atomic mass is 16.5. The lowest BCUT2D eigenvalue weighted by atomic mass is 10.1. The Bertz CT molecular complexity index is 479. The van der Waals surface area contributed by atoms with Gasteiger partial charge in [0.05, 0.1) is 5.69 Å². The molecule has 1 aliphatic heterocycles. The number of ether oxygens (including phenoxy) is 1. The third-order valence-electron chi connectivity index (χ3n) is 2.80. The normalized spacial score (nSPS) is 17.4. The first-order chi connectivity index (χ1) is 7.83. The number of fused-ring (bicyclic) bond motifs is 1. The topological polar surface area (TPSA) is 21.3 Å². The Morgan fingerprint density at radius 1 is 1.00 bits per heavy atom. The Morgan fingerprint density at radius 3 is 2.50 bits per heavy atom. The van der Waals surface area contributed by atoms with Crippen molar-refractivity contribution in [2.75, 3.05) is 5.32 Å². The highest BCUT2D eigenvalue weighted by Gasteiger charge is 2.22. The summed E-state index contributed by atoms with van der Waals surface area (Å²) in [6.07, 6.45) is -0.0574. The summed E-state index contributed by atoms with van der Waals surface area (Å²) in [6.45, 7) is 2.08. The summed E-state index contributed by atoms with van der Waals surface area (Å²) in [5.74, 6) is 0.924. The van der Waals surface area contributed by atoms with E-state index in [0.29, 0.717) is 0 Å². The molecule has 0 radical (unpaired) electrons. The first-order valence-electron chi connectivity index (χ1n) is 5.42. The minimum Gasteiger partial charge on any atom is -0.464 e. The second-order valence-corrected chi connectivity index (χ2v) is 4.05. The van der Waals surface area contributed by atoms with Crippen molar-refractivity contribution in [3.63, 3.8) is 0 Å². The zero-order chi connectivity index (χ0) is 11.0. The minimum absolute atomic E-state index is 0.0574. The van der Waals surface area contributed by atoms with E-state index < -0.39 is 0 Å². The predicted molar refractivity (Wildman–Crippen MR) is 64.6 cm³/mol.